The summed E-state index contributed by atoms with van der Waals surface area (Å²) in [7, 11) is 1.58. The van der Waals surface area contributed by atoms with Crippen molar-refractivity contribution in [3.63, 3.8) is 0 Å². The van der Waals surface area contributed by atoms with Gasteiger partial charge in [0.25, 0.3) is 5.91 Å². The Hall–Kier alpha value is -4.39. The van der Waals surface area contributed by atoms with E-state index >= 15 is 0 Å². The number of hydrogen-bond acceptors (Lipinski definition) is 8. The number of carbonyl (C=O) groups excluding carboxylic acids is 1. The lowest BCUT2D eigenvalue weighted by atomic mass is 9.92. The molecule has 0 radical (unpaired) electrons. The van der Waals surface area contributed by atoms with Crippen LogP contribution in [0.5, 0.6) is 11.6 Å². The molecule has 13 heteroatoms. The predicted octanol–water partition coefficient (Wildman–Crippen LogP) is 6.42. The molecule has 6 rings (SSSR count). The molecule has 2 aromatic heterocycles. The first-order chi connectivity index (χ1) is 24.1. The highest BCUT2D eigenvalue weighted by Gasteiger charge is 2.37. The van der Waals surface area contributed by atoms with Gasteiger partial charge in [0.15, 0.2) is 0 Å². The molecule has 1 atom stereocenters. The van der Waals surface area contributed by atoms with Gasteiger partial charge in [0.05, 0.1) is 37.9 Å². The van der Waals surface area contributed by atoms with Crippen molar-refractivity contribution in [2.45, 2.75) is 63.1 Å². The summed E-state index contributed by atoms with van der Waals surface area (Å²) in [5.41, 5.74) is 2.18. The van der Waals surface area contributed by atoms with Crippen molar-refractivity contribution in [1.29, 1.82) is 0 Å². The summed E-state index contributed by atoms with van der Waals surface area (Å²) in [4.78, 5) is 40.0. The number of amides is 1. The van der Waals surface area contributed by atoms with Gasteiger partial charge < -0.3 is 19.5 Å². The summed E-state index contributed by atoms with van der Waals surface area (Å²) < 4.78 is 50.9. The number of piperidine rings is 2. The average Bonchev–Trinajstić information content (AvgIpc) is 3.96. The lowest BCUT2D eigenvalue weighted by molar-refractivity contribution is -0.148. The average molecular weight is 696 g/mol. The van der Waals surface area contributed by atoms with E-state index in [0.29, 0.717) is 61.5 Å². The van der Waals surface area contributed by atoms with Crippen molar-refractivity contribution >= 4 is 23.4 Å². The molecular weight excluding hydrogens is 651 g/mol. The summed E-state index contributed by atoms with van der Waals surface area (Å²) in [5, 5.41) is 9.41. The Balaban J connectivity index is 1.13. The van der Waals surface area contributed by atoms with Crippen LogP contribution in [0.3, 0.4) is 0 Å². The minimum absolute atomic E-state index is 0.0309. The number of ether oxygens (including phenoxy) is 2. The summed E-state index contributed by atoms with van der Waals surface area (Å²) >= 11 is 0. The molecule has 3 aliphatic rings. The summed E-state index contributed by atoms with van der Waals surface area (Å²) in [6, 6.07) is 14.2. The van der Waals surface area contributed by atoms with E-state index in [-0.39, 0.29) is 43.3 Å². The van der Waals surface area contributed by atoms with Gasteiger partial charge in [-0.05, 0) is 92.2 Å². The number of carboxylic acid groups (broad SMARTS) is 1. The number of pyridine rings is 2. The van der Waals surface area contributed by atoms with Crippen LogP contribution in [0.4, 0.5) is 24.7 Å². The molecule has 1 unspecified atom stereocenters. The molecule has 50 heavy (non-hydrogen) atoms. The SMILES string of the molecule is COc1ccc(C(=O)N(c2ccccn2)C2CCN(CC(F)(F)F)CC2)c(N2CCC(COc3cc(C(CC(=O)O)C4CC4)ccn3)CC2)c1. The summed E-state index contributed by atoms with van der Waals surface area (Å²) in [5.74, 6) is 1.15. The third-order valence-corrected chi connectivity index (χ3v) is 10.1. The van der Waals surface area contributed by atoms with Crippen LogP contribution >= 0.6 is 0 Å². The highest BCUT2D eigenvalue weighted by atomic mass is 19.4. The monoisotopic (exact) mass is 695 g/mol. The minimum Gasteiger partial charge on any atom is -0.497 e. The number of anilines is 2. The Morgan fingerprint density at radius 2 is 1.72 bits per heavy atom. The van der Waals surface area contributed by atoms with E-state index in [1.165, 1.54) is 4.90 Å². The van der Waals surface area contributed by atoms with Crippen LogP contribution in [0.1, 0.15) is 66.8 Å². The van der Waals surface area contributed by atoms with Crippen LogP contribution < -0.4 is 19.3 Å². The summed E-state index contributed by atoms with van der Waals surface area (Å²) in [6.45, 7) is 1.33. The van der Waals surface area contributed by atoms with Gasteiger partial charge in [0.2, 0.25) is 5.88 Å². The zero-order chi connectivity index (χ0) is 35.3. The van der Waals surface area contributed by atoms with Crippen LogP contribution in [-0.2, 0) is 4.79 Å². The number of aliphatic carboxylic acids is 1. The zero-order valence-electron chi connectivity index (χ0n) is 28.2. The van der Waals surface area contributed by atoms with E-state index in [1.807, 2.05) is 18.2 Å². The fraction of sp³-hybridized carbons (Fsp3) is 0.514. The third-order valence-electron chi connectivity index (χ3n) is 10.1. The van der Waals surface area contributed by atoms with Crippen molar-refractivity contribution < 1.29 is 37.3 Å². The molecular formula is C37H44F3N5O5. The fourth-order valence-corrected chi connectivity index (χ4v) is 7.27. The maximum atomic E-state index is 14.5. The number of aromatic nitrogens is 2. The molecule has 1 aromatic carbocycles. The number of nitrogens with zero attached hydrogens (tertiary/aromatic N) is 5. The second-order valence-electron chi connectivity index (χ2n) is 13.6. The first-order valence-corrected chi connectivity index (χ1v) is 17.3. The highest BCUT2D eigenvalue weighted by molar-refractivity contribution is 6.10. The van der Waals surface area contributed by atoms with E-state index in [4.69, 9.17) is 9.47 Å². The number of carbonyl (C=O) groups is 2. The molecule has 4 heterocycles. The first-order valence-electron chi connectivity index (χ1n) is 17.3. The van der Waals surface area contributed by atoms with Crippen molar-refractivity contribution in [1.82, 2.24) is 14.9 Å². The number of likely N-dealkylation sites (tertiary alicyclic amines) is 1. The smallest absolute Gasteiger partial charge is 0.401 e. The van der Waals surface area contributed by atoms with Crippen molar-refractivity contribution in [2.24, 2.45) is 11.8 Å². The Bertz CT molecular complexity index is 1610. The van der Waals surface area contributed by atoms with Crippen LogP contribution in [0.2, 0.25) is 0 Å². The van der Waals surface area contributed by atoms with E-state index < -0.39 is 18.7 Å². The van der Waals surface area contributed by atoms with Gasteiger partial charge in [-0.15, -0.1) is 0 Å². The van der Waals surface area contributed by atoms with Gasteiger partial charge in [0, 0.05) is 56.7 Å². The molecule has 1 saturated carbocycles. The number of alkyl halides is 3. The van der Waals surface area contributed by atoms with Gasteiger partial charge in [-0.3, -0.25) is 19.4 Å². The number of hydrogen-bond donors (Lipinski definition) is 1. The number of benzene rings is 1. The maximum absolute atomic E-state index is 14.5. The Kier molecular flexibility index (Phi) is 11.1. The second kappa shape index (κ2) is 15.7. The molecule has 2 aliphatic heterocycles. The number of carboxylic acids is 1. The quantitative estimate of drug-likeness (QED) is 0.217. The number of rotatable bonds is 13. The molecule has 10 nitrogen and oxygen atoms in total. The van der Waals surface area contributed by atoms with Crippen LogP contribution in [0.25, 0.3) is 0 Å². The van der Waals surface area contributed by atoms with Gasteiger partial charge in [-0.25, -0.2) is 9.97 Å². The lowest BCUT2D eigenvalue weighted by Gasteiger charge is -2.39. The lowest BCUT2D eigenvalue weighted by Crippen LogP contribution is -2.50. The normalized spacial score (nSPS) is 18.4. The fourth-order valence-electron chi connectivity index (χ4n) is 7.27. The molecule has 0 bridgehead atoms. The second-order valence-corrected chi connectivity index (χ2v) is 13.6. The number of halogens is 3. The molecule has 3 fully saturated rings. The standard InChI is InChI=1S/C37H44F3N5O5/c1-49-29-7-8-30(36(48)45(33-4-2-3-14-41-33)28-12-16-43(17-13-28)24-37(38,39)40)32(21-29)44-18-10-25(11-19-44)23-50-34-20-27(9-15-42-34)31(22-35(46)47)26-5-6-26/h2-4,7-9,14-15,20-21,25-26,28,31H,5-6,10-13,16-19,22-24H2,1H3,(H,46,47). The van der Waals surface area contributed by atoms with E-state index in [9.17, 15) is 27.9 Å². The Morgan fingerprint density at radius 3 is 2.36 bits per heavy atom. The molecule has 268 valence electrons. The molecule has 1 aliphatic carbocycles. The molecule has 1 amide bonds. The van der Waals surface area contributed by atoms with Gasteiger partial charge >= 0.3 is 12.1 Å². The van der Waals surface area contributed by atoms with Crippen molar-refractivity contribution in [3.8, 4) is 11.6 Å². The van der Waals surface area contributed by atoms with E-state index in [1.54, 1.807) is 54.7 Å². The maximum Gasteiger partial charge on any atom is 0.401 e. The van der Waals surface area contributed by atoms with Crippen molar-refractivity contribution in [2.75, 3.05) is 56.2 Å². The Labute approximate surface area is 290 Å². The summed E-state index contributed by atoms with van der Waals surface area (Å²) in [6.07, 6.45) is 3.64. The topological polar surface area (TPSA) is 108 Å². The third kappa shape index (κ3) is 9.04. The van der Waals surface area contributed by atoms with Gasteiger partial charge in [0.1, 0.15) is 11.6 Å². The molecule has 2 saturated heterocycles. The van der Waals surface area contributed by atoms with E-state index in [2.05, 4.69) is 14.9 Å². The molecule has 1 N–H and O–H groups in total. The van der Waals surface area contributed by atoms with Gasteiger partial charge in [-0.1, -0.05) is 6.07 Å². The zero-order valence-corrected chi connectivity index (χ0v) is 28.2. The van der Waals surface area contributed by atoms with Crippen LogP contribution in [-0.4, -0.2) is 90.5 Å². The first kappa shape index (κ1) is 35.4. The van der Waals surface area contributed by atoms with Crippen LogP contribution in [0.15, 0.2) is 60.9 Å². The Morgan fingerprint density at radius 1 is 0.960 bits per heavy atom. The van der Waals surface area contributed by atoms with E-state index in [0.717, 1.165) is 36.9 Å². The predicted molar refractivity (Wildman–Crippen MR) is 182 cm³/mol. The molecule has 0 spiro atoms. The minimum atomic E-state index is -4.27. The number of methoxy groups -OCH3 is 1. The van der Waals surface area contributed by atoms with Crippen molar-refractivity contribution in [3.05, 3.63) is 72.1 Å². The van der Waals surface area contributed by atoms with Gasteiger partial charge in [-0.2, -0.15) is 13.2 Å². The van der Waals surface area contributed by atoms with Crippen LogP contribution in [0, 0.1) is 11.8 Å². The largest absolute Gasteiger partial charge is 0.497 e. The molecule has 3 aromatic rings. The highest BCUT2D eigenvalue weighted by Crippen LogP contribution is 2.45.